The van der Waals surface area contributed by atoms with Crippen LogP contribution in [0.1, 0.15) is 38.5 Å². The quantitative estimate of drug-likeness (QED) is 0.752. The Morgan fingerprint density at radius 3 is 2.56 bits per heavy atom. The van der Waals surface area contributed by atoms with Crippen LogP contribution in [0.25, 0.3) is 0 Å². The van der Waals surface area contributed by atoms with Crippen LogP contribution in [0.4, 0.5) is 0 Å². The van der Waals surface area contributed by atoms with Crippen molar-refractivity contribution in [3.63, 3.8) is 0 Å². The molecule has 4 atom stereocenters. The fraction of sp³-hybridized carbons (Fsp3) is 0.923. The normalized spacial score (nSPS) is 41.3. The number of nitrogens with one attached hydrogen (secondary N) is 1. The lowest BCUT2D eigenvalue weighted by Gasteiger charge is -2.27. The minimum absolute atomic E-state index is 0.123. The van der Waals surface area contributed by atoms with Crippen molar-refractivity contribution in [2.24, 2.45) is 29.4 Å². The van der Waals surface area contributed by atoms with E-state index in [1.807, 2.05) is 0 Å². The van der Waals surface area contributed by atoms with Gasteiger partial charge in [0.1, 0.15) is 0 Å². The third-order valence-corrected chi connectivity index (χ3v) is 4.83. The first-order chi connectivity index (χ1) is 7.75. The maximum atomic E-state index is 12.1. The van der Waals surface area contributed by atoms with E-state index in [9.17, 15) is 4.79 Å². The molecule has 3 heteroatoms. The van der Waals surface area contributed by atoms with Crippen molar-refractivity contribution in [3.05, 3.63) is 0 Å². The highest BCUT2D eigenvalue weighted by atomic mass is 16.1. The molecule has 0 aromatic carbocycles. The van der Waals surface area contributed by atoms with Gasteiger partial charge in [-0.1, -0.05) is 12.8 Å². The van der Waals surface area contributed by atoms with Crippen LogP contribution in [0.2, 0.25) is 0 Å². The van der Waals surface area contributed by atoms with Gasteiger partial charge in [-0.05, 0) is 43.4 Å². The summed E-state index contributed by atoms with van der Waals surface area (Å²) in [5.41, 5.74) is 6.15. The second kappa shape index (κ2) is 4.02. The lowest BCUT2D eigenvalue weighted by atomic mass is 9.84. The summed E-state index contributed by atoms with van der Waals surface area (Å²) in [4.78, 5) is 12.1. The second-order valence-electron chi connectivity index (χ2n) is 5.96. The molecule has 0 aromatic rings. The molecule has 0 aromatic heterocycles. The molecular weight excluding hydrogens is 200 g/mol. The van der Waals surface area contributed by atoms with Gasteiger partial charge in [-0.2, -0.15) is 0 Å². The molecule has 0 heterocycles. The Balaban J connectivity index is 1.49. The number of amides is 1. The van der Waals surface area contributed by atoms with Crippen molar-refractivity contribution in [3.8, 4) is 0 Å². The van der Waals surface area contributed by atoms with Crippen molar-refractivity contribution >= 4 is 5.91 Å². The zero-order valence-electron chi connectivity index (χ0n) is 9.82. The van der Waals surface area contributed by atoms with Crippen LogP contribution in [0.3, 0.4) is 0 Å². The summed E-state index contributed by atoms with van der Waals surface area (Å²) >= 11 is 0. The maximum Gasteiger partial charge on any atom is 0.224 e. The predicted molar refractivity (Wildman–Crippen MR) is 62.6 cm³/mol. The first kappa shape index (κ1) is 10.6. The standard InChI is InChI=1S/C13H22N2O/c14-12-10-4-3-9(7-10)11(12)13(16)15-6-5-8-1-2-8/h8-12H,1-7,14H2,(H,15,16). The summed E-state index contributed by atoms with van der Waals surface area (Å²) < 4.78 is 0. The minimum atomic E-state index is 0.123. The van der Waals surface area contributed by atoms with Crippen LogP contribution in [0.15, 0.2) is 0 Å². The van der Waals surface area contributed by atoms with E-state index < -0.39 is 0 Å². The summed E-state index contributed by atoms with van der Waals surface area (Å²) in [5.74, 6) is 2.47. The molecule has 90 valence electrons. The SMILES string of the molecule is NC1C2CCC(C2)C1C(=O)NCCC1CC1. The Bertz CT molecular complexity index is 286. The topological polar surface area (TPSA) is 55.1 Å². The Morgan fingerprint density at radius 1 is 1.19 bits per heavy atom. The third kappa shape index (κ3) is 1.86. The van der Waals surface area contributed by atoms with E-state index in [0.717, 1.165) is 12.5 Å². The number of rotatable bonds is 4. The summed E-state index contributed by atoms with van der Waals surface area (Å²) in [5, 5.41) is 3.09. The number of nitrogens with two attached hydrogens (primary N) is 1. The van der Waals surface area contributed by atoms with Crippen molar-refractivity contribution in [1.82, 2.24) is 5.32 Å². The van der Waals surface area contributed by atoms with Crippen molar-refractivity contribution in [2.45, 2.75) is 44.6 Å². The molecule has 3 nitrogen and oxygen atoms in total. The number of hydrogen-bond acceptors (Lipinski definition) is 2. The summed E-state index contributed by atoms with van der Waals surface area (Å²) in [6.45, 7) is 0.865. The molecule has 3 fully saturated rings. The van der Waals surface area contributed by atoms with Gasteiger partial charge in [0.05, 0.1) is 5.92 Å². The molecule has 0 spiro atoms. The summed E-state index contributed by atoms with van der Waals surface area (Å²) in [6, 6.07) is 0.139. The lowest BCUT2D eigenvalue weighted by Crippen LogP contribution is -2.45. The molecule has 3 rings (SSSR count). The number of carbonyl (C=O) groups excluding carboxylic acids is 1. The smallest absolute Gasteiger partial charge is 0.224 e. The molecule has 2 bridgehead atoms. The molecule has 0 aliphatic heterocycles. The molecule has 3 saturated carbocycles. The first-order valence-electron chi connectivity index (χ1n) is 6.79. The van der Waals surface area contributed by atoms with Crippen LogP contribution >= 0.6 is 0 Å². The number of carbonyl (C=O) groups is 1. The van der Waals surface area contributed by atoms with Crippen LogP contribution in [-0.4, -0.2) is 18.5 Å². The van der Waals surface area contributed by atoms with Gasteiger partial charge in [-0.25, -0.2) is 0 Å². The van der Waals surface area contributed by atoms with E-state index in [1.165, 1.54) is 38.5 Å². The van der Waals surface area contributed by atoms with Gasteiger partial charge in [0.2, 0.25) is 5.91 Å². The lowest BCUT2D eigenvalue weighted by molar-refractivity contribution is -0.127. The molecule has 3 aliphatic rings. The first-order valence-corrected chi connectivity index (χ1v) is 6.79. The van der Waals surface area contributed by atoms with E-state index in [4.69, 9.17) is 5.73 Å². The fourth-order valence-corrected chi connectivity index (χ4v) is 3.65. The second-order valence-corrected chi connectivity index (χ2v) is 5.96. The molecule has 0 saturated heterocycles. The zero-order chi connectivity index (χ0) is 11.1. The van der Waals surface area contributed by atoms with Gasteiger partial charge in [0.25, 0.3) is 0 Å². The molecule has 1 amide bonds. The molecule has 3 N–H and O–H groups in total. The number of fused-ring (bicyclic) bond motifs is 2. The van der Waals surface area contributed by atoms with Crippen LogP contribution in [0, 0.1) is 23.7 Å². The van der Waals surface area contributed by atoms with Gasteiger partial charge in [-0.15, -0.1) is 0 Å². The summed E-state index contributed by atoms with van der Waals surface area (Å²) in [7, 11) is 0. The fourth-order valence-electron chi connectivity index (χ4n) is 3.65. The monoisotopic (exact) mass is 222 g/mol. The molecule has 3 aliphatic carbocycles. The molecular formula is C13H22N2O. The Kier molecular flexibility index (Phi) is 2.66. The van der Waals surface area contributed by atoms with Crippen molar-refractivity contribution < 1.29 is 4.79 Å². The highest BCUT2D eigenvalue weighted by Crippen LogP contribution is 2.47. The van der Waals surface area contributed by atoms with Crippen LogP contribution in [-0.2, 0) is 4.79 Å². The van der Waals surface area contributed by atoms with Gasteiger partial charge >= 0.3 is 0 Å². The molecule has 0 radical (unpaired) electrons. The van der Waals surface area contributed by atoms with Crippen LogP contribution in [0.5, 0.6) is 0 Å². The molecule has 16 heavy (non-hydrogen) atoms. The molecule has 4 unspecified atom stereocenters. The zero-order valence-corrected chi connectivity index (χ0v) is 9.82. The van der Waals surface area contributed by atoms with Gasteiger partial charge in [0.15, 0.2) is 0 Å². The minimum Gasteiger partial charge on any atom is -0.356 e. The highest BCUT2D eigenvalue weighted by Gasteiger charge is 2.48. The van der Waals surface area contributed by atoms with Crippen LogP contribution < -0.4 is 11.1 Å². The third-order valence-electron chi connectivity index (χ3n) is 4.83. The average molecular weight is 222 g/mol. The van der Waals surface area contributed by atoms with E-state index in [0.29, 0.717) is 11.8 Å². The maximum absolute atomic E-state index is 12.1. The van der Waals surface area contributed by atoms with Gasteiger partial charge in [-0.3, -0.25) is 4.79 Å². The average Bonchev–Trinajstić information content (AvgIpc) is 2.87. The van der Waals surface area contributed by atoms with E-state index in [2.05, 4.69) is 5.32 Å². The van der Waals surface area contributed by atoms with E-state index in [1.54, 1.807) is 0 Å². The summed E-state index contributed by atoms with van der Waals surface area (Å²) in [6.07, 6.45) is 7.56. The van der Waals surface area contributed by atoms with E-state index in [-0.39, 0.29) is 17.9 Å². The Hall–Kier alpha value is -0.570. The van der Waals surface area contributed by atoms with Gasteiger partial charge in [0, 0.05) is 12.6 Å². The van der Waals surface area contributed by atoms with Gasteiger partial charge < -0.3 is 11.1 Å². The Labute approximate surface area is 97.2 Å². The van der Waals surface area contributed by atoms with Crippen molar-refractivity contribution in [2.75, 3.05) is 6.54 Å². The number of hydrogen-bond donors (Lipinski definition) is 2. The Morgan fingerprint density at radius 2 is 1.94 bits per heavy atom. The van der Waals surface area contributed by atoms with E-state index >= 15 is 0 Å². The predicted octanol–water partition coefficient (Wildman–Crippen LogP) is 1.28. The van der Waals surface area contributed by atoms with Crippen molar-refractivity contribution in [1.29, 1.82) is 0 Å². The highest BCUT2D eigenvalue weighted by molar-refractivity contribution is 5.80. The largest absolute Gasteiger partial charge is 0.356 e.